The summed E-state index contributed by atoms with van der Waals surface area (Å²) >= 11 is 1.35. The lowest BCUT2D eigenvalue weighted by molar-refractivity contribution is 0.102. The van der Waals surface area contributed by atoms with E-state index in [0.717, 1.165) is 17.7 Å². The highest BCUT2D eigenvalue weighted by Crippen LogP contribution is 2.26. The van der Waals surface area contributed by atoms with E-state index in [1.807, 2.05) is 17.5 Å². The molecule has 4 aromatic rings. The van der Waals surface area contributed by atoms with Crippen LogP contribution in [0.3, 0.4) is 0 Å². The van der Waals surface area contributed by atoms with Crippen LogP contribution in [0.15, 0.2) is 57.4 Å². The van der Waals surface area contributed by atoms with Gasteiger partial charge in [0.15, 0.2) is 5.13 Å². The van der Waals surface area contributed by atoms with Crippen molar-refractivity contribution in [2.75, 3.05) is 5.32 Å². The molecule has 1 amide bonds. The average molecular weight is 420 g/mol. The van der Waals surface area contributed by atoms with Gasteiger partial charge < -0.3 is 9.55 Å². The van der Waals surface area contributed by atoms with E-state index in [2.05, 4.69) is 34.3 Å². The summed E-state index contributed by atoms with van der Waals surface area (Å²) in [5.74, 6) is -0.339. The third-order valence-corrected chi connectivity index (χ3v) is 5.69. The Morgan fingerprint density at radius 2 is 1.90 bits per heavy atom. The highest BCUT2D eigenvalue weighted by Gasteiger charge is 2.13. The van der Waals surface area contributed by atoms with E-state index >= 15 is 0 Å². The van der Waals surface area contributed by atoms with E-state index < -0.39 is 11.1 Å². The van der Waals surface area contributed by atoms with Gasteiger partial charge in [-0.15, -0.1) is 11.3 Å². The van der Waals surface area contributed by atoms with Crippen molar-refractivity contribution in [2.45, 2.75) is 26.8 Å². The second-order valence-corrected chi connectivity index (χ2v) is 7.64. The topological polar surface area (TPSA) is 96.9 Å². The zero-order valence-electron chi connectivity index (χ0n) is 16.6. The van der Waals surface area contributed by atoms with E-state index in [4.69, 9.17) is 0 Å². The molecule has 0 aliphatic rings. The van der Waals surface area contributed by atoms with Crippen LogP contribution in [0.5, 0.6) is 0 Å². The van der Waals surface area contributed by atoms with Gasteiger partial charge in [0, 0.05) is 23.1 Å². The zero-order valence-corrected chi connectivity index (χ0v) is 17.4. The van der Waals surface area contributed by atoms with Crippen molar-refractivity contribution in [1.82, 2.24) is 14.5 Å². The minimum absolute atomic E-state index is 0.339. The Morgan fingerprint density at radius 3 is 2.60 bits per heavy atom. The van der Waals surface area contributed by atoms with Gasteiger partial charge in [0.05, 0.1) is 16.7 Å². The molecule has 0 unspecified atom stereocenters. The normalized spacial score (nSPS) is 11.0. The molecule has 2 aromatic heterocycles. The molecule has 30 heavy (non-hydrogen) atoms. The molecule has 0 saturated carbocycles. The van der Waals surface area contributed by atoms with E-state index in [9.17, 15) is 14.4 Å². The number of aromatic nitrogens is 3. The van der Waals surface area contributed by atoms with Gasteiger partial charge in [-0.05, 0) is 37.1 Å². The number of amides is 1. The van der Waals surface area contributed by atoms with Crippen LogP contribution >= 0.6 is 11.3 Å². The summed E-state index contributed by atoms with van der Waals surface area (Å²) in [6, 6.07) is 13.0. The number of carbonyl (C=O) groups excluding carboxylic acids is 1. The fraction of sp³-hybridized carbons (Fsp3) is 0.182. The molecular formula is C22H20N4O3S. The van der Waals surface area contributed by atoms with Crippen LogP contribution in [0, 0.1) is 0 Å². The number of hydrogen-bond acceptors (Lipinski definition) is 5. The van der Waals surface area contributed by atoms with Crippen molar-refractivity contribution in [1.29, 1.82) is 0 Å². The van der Waals surface area contributed by atoms with Gasteiger partial charge in [0.1, 0.15) is 0 Å². The van der Waals surface area contributed by atoms with Crippen molar-refractivity contribution in [2.24, 2.45) is 0 Å². The summed E-state index contributed by atoms with van der Waals surface area (Å²) < 4.78 is 1.38. The third kappa shape index (κ3) is 3.69. The molecular weight excluding hydrogens is 400 g/mol. The number of fused-ring (bicyclic) bond motifs is 1. The van der Waals surface area contributed by atoms with Gasteiger partial charge >= 0.3 is 11.1 Å². The molecule has 0 bridgehead atoms. The van der Waals surface area contributed by atoms with Crippen molar-refractivity contribution >= 4 is 33.4 Å². The van der Waals surface area contributed by atoms with Crippen molar-refractivity contribution < 1.29 is 4.79 Å². The number of H-pyrrole nitrogens is 1. The summed E-state index contributed by atoms with van der Waals surface area (Å²) in [6.45, 7) is 4.26. The average Bonchev–Trinajstić information content (AvgIpc) is 3.23. The van der Waals surface area contributed by atoms with Gasteiger partial charge in [-0.2, -0.15) is 0 Å². The number of benzene rings is 2. The molecule has 7 nitrogen and oxygen atoms in total. The lowest BCUT2D eigenvalue weighted by Crippen LogP contribution is -2.36. The smallest absolute Gasteiger partial charge is 0.316 e. The predicted octanol–water partition coefficient (Wildman–Crippen LogP) is 3.65. The first-order valence-electron chi connectivity index (χ1n) is 9.63. The number of rotatable bonds is 5. The molecule has 4 rings (SSSR count). The summed E-state index contributed by atoms with van der Waals surface area (Å²) in [5, 5.41) is 5.18. The van der Waals surface area contributed by atoms with Crippen LogP contribution in [-0.2, 0) is 13.0 Å². The summed E-state index contributed by atoms with van der Waals surface area (Å²) in [6.07, 6.45) is 0.976. The molecule has 0 spiro atoms. The zero-order chi connectivity index (χ0) is 21.3. The van der Waals surface area contributed by atoms with Crippen molar-refractivity contribution in [3.8, 4) is 11.3 Å². The molecule has 0 saturated heterocycles. The Kier molecular flexibility index (Phi) is 5.33. The van der Waals surface area contributed by atoms with E-state index in [0.29, 0.717) is 28.3 Å². The minimum Gasteiger partial charge on any atom is -0.316 e. The molecule has 152 valence electrons. The van der Waals surface area contributed by atoms with Gasteiger partial charge in [-0.25, -0.2) is 4.98 Å². The summed E-state index contributed by atoms with van der Waals surface area (Å²) in [7, 11) is 0. The standard InChI is InChI=1S/C22H20N4O3S/c1-3-13-5-7-14(8-6-13)17-12-30-22(24-17)25-19(27)15-9-10-18-16(11-15)23-20(28)21(29)26(18)4-2/h5-12H,3-4H2,1-2H3,(H,23,28)(H,24,25,27). The first kappa shape index (κ1) is 19.8. The first-order valence-corrected chi connectivity index (χ1v) is 10.5. The largest absolute Gasteiger partial charge is 0.316 e. The van der Waals surface area contributed by atoms with Crippen LogP contribution < -0.4 is 16.4 Å². The van der Waals surface area contributed by atoms with E-state index in [1.54, 1.807) is 25.1 Å². The van der Waals surface area contributed by atoms with Gasteiger partial charge in [-0.3, -0.25) is 19.7 Å². The molecule has 2 aromatic carbocycles. The molecule has 2 N–H and O–H groups in total. The molecule has 0 atom stereocenters. The summed E-state index contributed by atoms with van der Waals surface area (Å²) in [5.41, 5.74) is 3.10. The van der Waals surface area contributed by atoms with Crippen LogP contribution in [0.2, 0.25) is 0 Å². The second kappa shape index (κ2) is 8.08. The molecule has 0 fully saturated rings. The van der Waals surface area contributed by atoms with Crippen molar-refractivity contribution in [3.05, 3.63) is 79.7 Å². The van der Waals surface area contributed by atoms with E-state index in [1.165, 1.54) is 21.5 Å². The molecule has 8 heteroatoms. The van der Waals surface area contributed by atoms with E-state index in [-0.39, 0.29) is 5.91 Å². The van der Waals surface area contributed by atoms with Gasteiger partial charge in [0.2, 0.25) is 0 Å². The van der Waals surface area contributed by atoms with Crippen LogP contribution in [0.1, 0.15) is 29.8 Å². The maximum absolute atomic E-state index is 12.7. The van der Waals surface area contributed by atoms with Crippen molar-refractivity contribution in [3.63, 3.8) is 0 Å². The first-order chi connectivity index (χ1) is 14.5. The number of aryl methyl sites for hydroxylation is 2. The monoisotopic (exact) mass is 420 g/mol. The van der Waals surface area contributed by atoms with Crippen LogP contribution in [0.25, 0.3) is 22.3 Å². The minimum atomic E-state index is -0.708. The molecule has 2 heterocycles. The van der Waals surface area contributed by atoms with Crippen LogP contribution in [0.4, 0.5) is 5.13 Å². The fourth-order valence-electron chi connectivity index (χ4n) is 3.28. The maximum Gasteiger partial charge on any atom is 0.316 e. The number of hydrogen-bond donors (Lipinski definition) is 2. The van der Waals surface area contributed by atoms with Crippen LogP contribution in [-0.4, -0.2) is 20.4 Å². The molecule has 0 aliphatic heterocycles. The second-order valence-electron chi connectivity index (χ2n) is 6.78. The lowest BCUT2D eigenvalue weighted by atomic mass is 10.1. The number of carbonyl (C=O) groups is 1. The number of thiazole rings is 1. The quantitative estimate of drug-likeness (QED) is 0.482. The Hall–Kier alpha value is -3.52. The summed E-state index contributed by atoms with van der Waals surface area (Å²) in [4.78, 5) is 43.6. The Bertz CT molecular complexity index is 1350. The number of nitrogens with one attached hydrogen (secondary N) is 2. The third-order valence-electron chi connectivity index (χ3n) is 4.94. The van der Waals surface area contributed by atoms with Gasteiger partial charge in [-0.1, -0.05) is 31.2 Å². The SMILES string of the molecule is CCc1ccc(-c2csc(NC(=O)c3ccc4c(c3)[nH]c(=O)c(=O)n4CC)n2)cc1. The number of aromatic amines is 1. The number of nitrogens with zero attached hydrogens (tertiary/aromatic N) is 2. The fourth-order valence-corrected chi connectivity index (χ4v) is 3.99. The maximum atomic E-state index is 12.7. The molecule has 0 radical (unpaired) electrons. The Morgan fingerprint density at radius 1 is 1.13 bits per heavy atom. The highest BCUT2D eigenvalue weighted by molar-refractivity contribution is 7.14. The highest BCUT2D eigenvalue weighted by atomic mass is 32.1. The number of anilines is 1. The Balaban J connectivity index is 1.59. The van der Waals surface area contributed by atoms with Gasteiger partial charge in [0.25, 0.3) is 5.91 Å². The molecule has 0 aliphatic carbocycles. The lowest BCUT2D eigenvalue weighted by Gasteiger charge is -2.08. The Labute approximate surface area is 176 Å². The predicted molar refractivity (Wildman–Crippen MR) is 119 cm³/mol.